The van der Waals surface area contributed by atoms with Crippen LogP contribution in [0.4, 0.5) is 0 Å². The van der Waals surface area contributed by atoms with Crippen molar-refractivity contribution < 1.29 is 4.74 Å². The van der Waals surface area contributed by atoms with E-state index in [-0.39, 0.29) is 24.0 Å². The van der Waals surface area contributed by atoms with Gasteiger partial charge in [-0.15, -0.1) is 24.0 Å². The zero-order chi connectivity index (χ0) is 19.8. The highest BCUT2D eigenvalue weighted by Crippen LogP contribution is 2.13. The Morgan fingerprint density at radius 1 is 1.21 bits per heavy atom. The number of rotatable bonds is 8. The molecule has 2 rings (SSSR count). The molecule has 0 radical (unpaired) electrons. The Morgan fingerprint density at radius 2 is 1.86 bits per heavy atom. The maximum absolute atomic E-state index is 5.17. The third-order valence-electron chi connectivity index (χ3n) is 4.89. The van der Waals surface area contributed by atoms with Crippen molar-refractivity contribution in [2.45, 2.75) is 46.8 Å². The van der Waals surface area contributed by atoms with Crippen molar-refractivity contribution in [3.63, 3.8) is 0 Å². The molecule has 1 N–H and O–H groups in total. The normalized spacial score (nSPS) is 11.3. The molecule has 1 aromatic carbocycles. The molecule has 7 heteroatoms. The van der Waals surface area contributed by atoms with Crippen LogP contribution in [0.15, 0.2) is 29.3 Å². The molecule has 0 saturated carbocycles. The maximum atomic E-state index is 5.17. The third kappa shape index (κ3) is 6.48. The van der Waals surface area contributed by atoms with Crippen molar-refractivity contribution in [2.24, 2.45) is 4.99 Å². The van der Waals surface area contributed by atoms with Gasteiger partial charge in [-0.05, 0) is 31.4 Å². The van der Waals surface area contributed by atoms with Crippen LogP contribution < -0.4 is 5.32 Å². The van der Waals surface area contributed by atoms with E-state index in [1.165, 1.54) is 22.4 Å². The molecule has 28 heavy (non-hydrogen) atoms. The van der Waals surface area contributed by atoms with E-state index in [9.17, 15) is 0 Å². The Kier molecular flexibility index (Phi) is 10.5. The number of aromatic nitrogens is 2. The molecule has 1 aromatic heterocycles. The van der Waals surface area contributed by atoms with Crippen LogP contribution in [0.3, 0.4) is 0 Å². The predicted molar refractivity (Wildman–Crippen MR) is 126 cm³/mol. The Hall–Kier alpha value is -1.61. The summed E-state index contributed by atoms with van der Waals surface area (Å²) in [6, 6.07) is 8.77. The summed E-state index contributed by atoms with van der Waals surface area (Å²) in [6.07, 6.45) is 1.07. The largest absolute Gasteiger partial charge is 0.383 e. The van der Waals surface area contributed by atoms with Gasteiger partial charge in [-0.1, -0.05) is 31.2 Å². The average Bonchev–Trinajstić information content (AvgIpc) is 2.94. The summed E-state index contributed by atoms with van der Waals surface area (Å²) in [5.41, 5.74) is 6.07. The van der Waals surface area contributed by atoms with Crippen molar-refractivity contribution in [1.29, 1.82) is 0 Å². The molecule has 0 spiro atoms. The van der Waals surface area contributed by atoms with Crippen LogP contribution in [0, 0.1) is 13.8 Å². The molecule has 0 amide bonds. The number of aliphatic imine (C=N–C) groups is 1. The summed E-state index contributed by atoms with van der Waals surface area (Å²) >= 11 is 0. The Morgan fingerprint density at radius 3 is 2.43 bits per heavy atom. The number of ether oxygens (including phenoxy) is 1. The number of nitrogens with one attached hydrogen (secondary N) is 1. The molecule has 0 aliphatic rings. The molecule has 0 fully saturated rings. The average molecular weight is 499 g/mol. The number of benzene rings is 1. The van der Waals surface area contributed by atoms with Gasteiger partial charge in [-0.3, -0.25) is 9.67 Å². The van der Waals surface area contributed by atoms with Gasteiger partial charge in [0, 0.05) is 45.6 Å². The molecular formula is C21H34IN5O. The molecule has 6 nitrogen and oxygen atoms in total. The van der Waals surface area contributed by atoms with E-state index in [0.717, 1.165) is 31.2 Å². The minimum atomic E-state index is 0. The first-order valence-electron chi connectivity index (χ1n) is 9.51. The summed E-state index contributed by atoms with van der Waals surface area (Å²) in [4.78, 5) is 6.57. The topological polar surface area (TPSA) is 54.7 Å². The van der Waals surface area contributed by atoms with E-state index in [0.29, 0.717) is 13.2 Å². The van der Waals surface area contributed by atoms with E-state index < -0.39 is 0 Å². The van der Waals surface area contributed by atoms with E-state index in [4.69, 9.17) is 4.74 Å². The second kappa shape index (κ2) is 12.1. The van der Waals surface area contributed by atoms with E-state index in [1.807, 2.05) is 11.7 Å². The Labute approximate surface area is 186 Å². The summed E-state index contributed by atoms with van der Waals surface area (Å²) in [5.74, 6) is 0.873. The minimum Gasteiger partial charge on any atom is -0.383 e. The highest BCUT2D eigenvalue weighted by molar-refractivity contribution is 14.0. The first-order valence-corrected chi connectivity index (χ1v) is 9.51. The van der Waals surface area contributed by atoms with E-state index in [2.05, 4.69) is 72.4 Å². The zero-order valence-corrected chi connectivity index (χ0v) is 20.3. The molecule has 0 atom stereocenters. The van der Waals surface area contributed by atoms with Gasteiger partial charge < -0.3 is 15.0 Å². The fourth-order valence-electron chi connectivity index (χ4n) is 3.17. The Balaban J connectivity index is 0.00000392. The number of methoxy groups -OCH3 is 1. The van der Waals surface area contributed by atoms with Gasteiger partial charge in [0.15, 0.2) is 5.96 Å². The van der Waals surface area contributed by atoms with Crippen LogP contribution in [0.2, 0.25) is 0 Å². The molecule has 0 bridgehead atoms. The van der Waals surface area contributed by atoms with Gasteiger partial charge in [-0.25, -0.2) is 0 Å². The van der Waals surface area contributed by atoms with Crippen LogP contribution in [0.5, 0.6) is 0 Å². The standard InChI is InChI=1S/C21H33N5O.HI/c1-7-18-8-10-19(11-9-18)15-25(5)21(22-4)23-14-20-16(2)24-26(17(20)3)12-13-27-6;/h8-11H,7,12-15H2,1-6H3,(H,22,23);1H. The van der Waals surface area contributed by atoms with Crippen molar-refractivity contribution in [3.8, 4) is 0 Å². The van der Waals surface area contributed by atoms with Gasteiger partial charge in [0.05, 0.1) is 18.8 Å². The second-order valence-corrected chi connectivity index (χ2v) is 6.79. The van der Waals surface area contributed by atoms with Gasteiger partial charge in [0.2, 0.25) is 0 Å². The Bertz CT molecular complexity index is 755. The maximum Gasteiger partial charge on any atom is 0.193 e. The first kappa shape index (κ1) is 24.4. The lowest BCUT2D eigenvalue weighted by Crippen LogP contribution is -2.38. The van der Waals surface area contributed by atoms with Crippen LogP contribution in [0.25, 0.3) is 0 Å². The zero-order valence-electron chi connectivity index (χ0n) is 18.0. The van der Waals surface area contributed by atoms with Gasteiger partial charge in [0.25, 0.3) is 0 Å². The van der Waals surface area contributed by atoms with Crippen molar-refractivity contribution in [2.75, 3.05) is 27.8 Å². The van der Waals surface area contributed by atoms with Crippen molar-refractivity contribution in [1.82, 2.24) is 20.0 Å². The van der Waals surface area contributed by atoms with Gasteiger partial charge >= 0.3 is 0 Å². The van der Waals surface area contributed by atoms with Crippen LogP contribution in [-0.4, -0.2) is 48.5 Å². The van der Waals surface area contributed by atoms with Crippen LogP contribution in [0.1, 0.15) is 35.0 Å². The molecule has 0 aliphatic heterocycles. The fraction of sp³-hybridized carbons (Fsp3) is 0.524. The quantitative estimate of drug-likeness (QED) is 0.343. The highest BCUT2D eigenvalue weighted by Gasteiger charge is 2.13. The smallest absolute Gasteiger partial charge is 0.193 e. The minimum absolute atomic E-state index is 0. The van der Waals surface area contributed by atoms with E-state index in [1.54, 1.807) is 7.11 Å². The number of halogens is 1. The van der Waals surface area contributed by atoms with Crippen molar-refractivity contribution >= 4 is 29.9 Å². The highest BCUT2D eigenvalue weighted by atomic mass is 127. The van der Waals surface area contributed by atoms with Crippen LogP contribution >= 0.6 is 24.0 Å². The number of hydrogen-bond donors (Lipinski definition) is 1. The fourth-order valence-corrected chi connectivity index (χ4v) is 3.17. The lowest BCUT2D eigenvalue weighted by molar-refractivity contribution is 0.182. The number of aryl methyl sites for hydroxylation is 2. The van der Waals surface area contributed by atoms with E-state index >= 15 is 0 Å². The summed E-state index contributed by atoms with van der Waals surface area (Å²) in [7, 11) is 5.59. The second-order valence-electron chi connectivity index (χ2n) is 6.79. The molecular weight excluding hydrogens is 465 g/mol. The number of hydrogen-bond acceptors (Lipinski definition) is 3. The molecule has 0 saturated heterocycles. The number of nitrogens with zero attached hydrogens (tertiary/aromatic N) is 4. The van der Waals surface area contributed by atoms with Gasteiger partial charge in [0.1, 0.15) is 0 Å². The molecule has 0 unspecified atom stereocenters. The van der Waals surface area contributed by atoms with Gasteiger partial charge in [-0.2, -0.15) is 5.10 Å². The SMILES string of the molecule is CCc1ccc(CN(C)C(=NC)NCc2c(C)nn(CCOC)c2C)cc1.I. The number of guanidine groups is 1. The molecule has 0 aliphatic carbocycles. The molecule has 156 valence electrons. The monoisotopic (exact) mass is 499 g/mol. The van der Waals surface area contributed by atoms with Crippen LogP contribution in [-0.2, 0) is 30.8 Å². The van der Waals surface area contributed by atoms with Crippen molar-refractivity contribution in [3.05, 3.63) is 52.3 Å². The molecule has 1 heterocycles. The first-order chi connectivity index (χ1) is 13.0. The summed E-state index contributed by atoms with van der Waals surface area (Å²) in [5, 5.41) is 8.09. The third-order valence-corrected chi connectivity index (χ3v) is 4.89. The lowest BCUT2D eigenvalue weighted by atomic mass is 10.1. The lowest BCUT2D eigenvalue weighted by Gasteiger charge is -2.22. The summed E-state index contributed by atoms with van der Waals surface area (Å²) in [6.45, 7) is 9.28. The predicted octanol–water partition coefficient (Wildman–Crippen LogP) is 3.53. The summed E-state index contributed by atoms with van der Waals surface area (Å²) < 4.78 is 7.18. The molecule has 2 aromatic rings.